The van der Waals surface area contributed by atoms with E-state index in [1.807, 2.05) is 6.20 Å². The fraction of sp³-hybridized carbons (Fsp3) is 0.700. The summed E-state index contributed by atoms with van der Waals surface area (Å²) in [5.41, 5.74) is 1.08. The molecule has 0 saturated carbocycles. The lowest BCUT2D eigenvalue weighted by Crippen LogP contribution is -2.17. The maximum atomic E-state index is 7.20. The van der Waals surface area contributed by atoms with Crippen LogP contribution in [0.5, 0.6) is 0 Å². The maximum Gasteiger partial charge on any atom is 0.0226 e. The van der Waals surface area contributed by atoms with Gasteiger partial charge < -0.3 is 10.7 Å². The first-order valence-electron chi connectivity index (χ1n) is 4.58. The van der Waals surface area contributed by atoms with E-state index >= 15 is 0 Å². The molecule has 0 bridgehead atoms. The molecule has 12 heavy (non-hydrogen) atoms. The van der Waals surface area contributed by atoms with E-state index < -0.39 is 0 Å². The van der Waals surface area contributed by atoms with Crippen molar-refractivity contribution >= 4 is 6.21 Å². The highest BCUT2D eigenvalue weighted by molar-refractivity contribution is 5.76. The minimum absolute atomic E-state index is 0.448. The first kappa shape index (κ1) is 11.2. The molecule has 0 heterocycles. The average molecular weight is 168 g/mol. The van der Waals surface area contributed by atoms with Crippen LogP contribution in [0.2, 0.25) is 0 Å². The van der Waals surface area contributed by atoms with Crippen LogP contribution in [0.25, 0.3) is 0 Å². The molecule has 0 aromatic heterocycles. The Morgan fingerprint density at radius 2 is 2.00 bits per heavy atom. The van der Waals surface area contributed by atoms with E-state index in [0.717, 1.165) is 12.0 Å². The third kappa shape index (κ3) is 4.16. The molecule has 0 aliphatic rings. The molecule has 2 N–H and O–H groups in total. The zero-order valence-electron chi connectivity index (χ0n) is 8.52. The largest absolute Gasteiger partial charge is 0.388 e. The SMILES string of the molecule is CCC(C)/C(C=N)=C/NC(C)C. The zero-order chi connectivity index (χ0) is 9.56. The number of allylic oxidation sites excluding steroid dienone is 1. The average Bonchev–Trinajstić information content (AvgIpc) is 2.04. The van der Waals surface area contributed by atoms with E-state index in [1.54, 1.807) is 0 Å². The lowest BCUT2D eigenvalue weighted by atomic mass is 10.0. The normalized spacial score (nSPS) is 14.6. The molecule has 0 aromatic carbocycles. The molecule has 0 aliphatic carbocycles. The summed E-state index contributed by atoms with van der Waals surface area (Å²) in [4.78, 5) is 0. The van der Waals surface area contributed by atoms with Crippen LogP contribution in [0, 0.1) is 11.3 Å². The molecule has 0 aromatic rings. The van der Waals surface area contributed by atoms with Crippen LogP contribution < -0.4 is 5.32 Å². The minimum Gasteiger partial charge on any atom is -0.388 e. The molecule has 0 amide bonds. The fourth-order valence-electron chi connectivity index (χ4n) is 0.825. The van der Waals surface area contributed by atoms with Crippen LogP contribution in [0.15, 0.2) is 11.8 Å². The van der Waals surface area contributed by atoms with Gasteiger partial charge in [0.15, 0.2) is 0 Å². The molecule has 2 nitrogen and oxygen atoms in total. The van der Waals surface area contributed by atoms with Crippen molar-refractivity contribution < 1.29 is 0 Å². The molecule has 0 aliphatic heterocycles. The Bertz CT molecular complexity index is 159. The van der Waals surface area contributed by atoms with Crippen molar-refractivity contribution in [1.29, 1.82) is 5.41 Å². The van der Waals surface area contributed by atoms with Gasteiger partial charge in [0, 0.05) is 18.5 Å². The zero-order valence-corrected chi connectivity index (χ0v) is 8.52. The van der Waals surface area contributed by atoms with Crippen molar-refractivity contribution in [2.45, 2.75) is 40.2 Å². The van der Waals surface area contributed by atoms with Gasteiger partial charge in [-0.25, -0.2) is 0 Å². The van der Waals surface area contributed by atoms with Gasteiger partial charge in [-0.05, 0) is 31.8 Å². The van der Waals surface area contributed by atoms with Gasteiger partial charge in [-0.3, -0.25) is 0 Å². The number of hydrogen-bond donors (Lipinski definition) is 2. The summed E-state index contributed by atoms with van der Waals surface area (Å²) >= 11 is 0. The second-order valence-corrected chi connectivity index (χ2v) is 3.42. The van der Waals surface area contributed by atoms with Gasteiger partial charge in [0.25, 0.3) is 0 Å². The molecule has 2 heteroatoms. The standard InChI is InChI=1S/C10H20N2/c1-5-9(4)10(6-11)7-12-8(2)3/h6-9,11-12H,5H2,1-4H3/b10-7+,11-6?. The first-order chi connectivity index (χ1) is 5.61. The van der Waals surface area contributed by atoms with Gasteiger partial charge in [-0.1, -0.05) is 13.8 Å². The molecular weight excluding hydrogens is 148 g/mol. The van der Waals surface area contributed by atoms with Gasteiger partial charge in [0.2, 0.25) is 0 Å². The van der Waals surface area contributed by atoms with Crippen molar-refractivity contribution in [3.63, 3.8) is 0 Å². The Labute approximate surface area is 75.6 Å². The highest BCUT2D eigenvalue weighted by Gasteiger charge is 2.02. The Morgan fingerprint density at radius 1 is 1.42 bits per heavy atom. The minimum atomic E-state index is 0.448. The summed E-state index contributed by atoms with van der Waals surface area (Å²) < 4.78 is 0. The van der Waals surface area contributed by atoms with Gasteiger partial charge >= 0.3 is 0 Å². The Hall–Kier alpha value is -0.790. The van der Waals surface area contributed by atoms with Gasteiger partial charge in [0.05, 0.1) is 0 Å². The van der Waals surface area contributed by atoms with Crippen molar-refractivity contribution in [2.24, 2.45) is 5.92 Å². The van der Waals surface area contributed by atoms with Crippen LogP contribution in [0.3, 0.4) is 0 Å². The summed E-state index contributed by atoms with van der Waals surface area (Å²) in [5.74, 6) is 0.480. The first-order valence-corrected chi connectivity index (χ1v) is 4.58. The van der Waals surface area contributed by atoms with Crippen molar-refractivity contribution in [1.82, 2.24) is 5.32 Å². The molecule has 1 atom stereocenters. The van der Waals surface area contributed by atoms with E-state index in [2.05, 4.69) is 33.0 Å². The molecule has 0 rings (SSSR count). The number of rotatable bonds is 5. The summed E-state index contributed by atoms with van der Waals surface area (Å²) in [5, 5.41) is 10.4. The summed E-state index contributed by atoms with van der Waals surface area (Å²) in [6.45, 7) is 8.46. The lowest BCUT2D eigenvalue weighted by molar-refractivity contribution is 0.652. The van der Waals surface area contributed by atoms with Gasteiger partial charge in [-0.15, -0.1) is 0 Å². The molecule has 0 fully saturated rings. The smallest absolute Gasteiger partial charge is 0.0226 e. The van der Waals surface area contributed by atoms with E-state index in [0.29, 0.717) is 12.0 Å². The van der Waals surface area contributed by atoms with Crippen molar-refractivity contribution in [3.8, 4) is 0 Å². The Morgan fingerprint density at radius 3 is 2.33 bits per heavy atom. The fourth-order valence-corrected chi connectivity index (χ4v) is 0.825. The molecule has 0 spiro atoms. The van der Waals surface area contributed by atoms with E-state index in [1.165, 1.54) is 6.21 Å². The maximum absolute atomic E-state index is 7.20. The van der Waals surface area contributed by atoms with Crippen LogP contribution in [0.1, 0.15) is 34.1 Å². The highest BCUT2D eigenvalue weighted by Crippen LogP contribution is 2.10. The molecule has 0 saturated heterocycles. The molecule has 0 radical (unpaired) electrons. The predicted octanol–water partition coefficient (Wildman–Crippen LogP) is 2.56. The van der Waals surface area contributed by atoms with Crippen molar-refractivity contribution in [2.75, 3.05) is 0 Å². The van der Waals surface area contributed by atoms with E-state index in [-0.39, 0.29) is 0 Å². The van der Waals surface area contributed by atoms with E-state index in [9.17, 15) is 0 Å². The molecular formula is C10H20N2. The third-order valence-corrected chi connectivity index (χ3v) is 1.93. The molecule has 1 unspecified atom stereocenters. The summed E-state index contributed by atoms with van der Waals surface area (Å²) in [7, 11) is 0. The molecule has 70 valence electrons. The quantitative estimate of drug-likeness (QED) is 0.608. The monoisotopic (exact) mass is 168 g/mol. The van der Waals surface area contributed by atoms with Crippen molar-refractivity contribution in [3.05, 3.63) is 11.8 Å². The summed E-state index contributed by atoms with van der Waals surface area (Å²) in [6, 6.07) is 0.448. The van der Waals surface area contributed by atoms with Crippen LogP contribution in [-0.4, -0.2) is 12.3 Å². The topological polar surface area (TPSA) is 35.9 Å². The Kier molecular flexibility index (Phi) is 5.43. The van der Waals surface area contributed by atoms with Gasteiger partial charge in [0.1, 0.15) is 0 Å². The highest BCUT2D eigenvalue weighted by atomic mass is 14.9. The van der Waals surface area contributed by atoms with Crippen LogP contribution in [-0.2, 0) is 0 Å². The second kappa shape index (κ2) is 5.81. The van der Waals surface area contributed by atoms with Crippen LogP contribution in [0.4, 0.5) is 0 Å². The third-order valence-electron chi connectivity index (χ3n) is 1.93. The number of nitrogens with one attached hydrogen (secondary N) is 2. The van der Waals surface area contributed by atoms with Gasteiger partial charge in [-0.2, -0.15) is 0 Å². The predicted molar refractivity (Wildman–Crippen MR) is 54.6 cm³/mol. The second-order valence-electron chi connectivity index (χ2n) is 3.42. The summed E-state index contributed by atoms with van der Waals surface area (Å²) in [6.07, 6.45) is 4.47. The Balaban J connectivity index is 4.12. The van der Waals surface area contributed by atoms with E-state index in [4.69, 9.17) is 5.41 Å². The van der Waals surface area contributed by atoms with Crippen LogP contribution >= 0.6 is 0 Å². The number of hydrogen-bond acceptors (Lipinski definition) is 2. The lowest BCUT2D eigenvalue weighted by Gasteiger charge is -2.11.